The Hall–Kier alpha value is -1.89. The van der Waals surface area contributed by atoms with E-state index in [1.807, 2.05) is 29.7 Å². The van der Waals surface area contributed by atoms with Gasteiger partial charge < -0.3 is 0 Å². The smallest absolute Gasteiger partial charge is 0.0991 e. The Bertz CT molecular complexity index is 467. The Labute approximate surface area is 111 Å². The summed E-state index contributed by atoms with van der Waals surface area (Å²) in [5, 5.41) is 14.0. The third-order valence-corrected chi connectivity index (χ3v) is 2.98. The fraction of sp³-hybridized carbons (Fsp3) is 0.308. The third-order valence-electron chi connectivity index (χ3n) is 2.14. The summed E-state index contributed by atoms with van der Waals surface area (Å²) in [6.45, 7) is 0.525. The molecule has 0 aliphatic rings. The zero-order valence-electron chi connectivity index (χ0n) is 9.91. The molecule has 0 heterocycles. The van der Waals surface area contributed by atoms with Gasteiger partial charge in [0.2, 0.25) is 0 Å². The van der Waals surface area contributed by atoms with Crippen molar-refractivity contribution in [1.29, 1.82) is 5.26 Å². The molecule has 1 aromatic carbocycles. The van der Waals surface area contributed by atoms with Crippen molar-refractivity contribution in [3.8, 4) is 6.07 Å². The number of allylic oxidation sites excluding steroid dienone is 1. The number of azide groups is 1. The van der Waals surface area contributed by atoms with Crippen molar-refractivity contribution in [3.63, 3.8) is 0 Å². The van der Waals surface area contributed by atoms with Crippen LogP contribution in [0.15, 0.2) is 34.8 Å². The van der Waals surface area contributed by atoms with E-state index in [1.165, 1.54) is 5.56 Å². The molecule has 4 nitrogen and oxygen atoms in total. The Balaban J connectivity index is 2.18. The van der Waals surface area contributed by atoms with Gasteiger partial charge in [0.1, 0.15) is 0 Å². The standard InChI is InChI=1S/C13H13N4S/c14-10-12-4-6-13(7-5-12)11-18-9-3-1-2-8-16-17-15/h4-7,9H,1-2,8,11H2. The highest BCUT2D eigenvalue weighted by Gasteiger charge is 1.92. The van der Waals surface area contributed by atoms with E-state index in [-0.39, 0.29) is 0 Å². The maximum atomic E-state index is 8.66. The predicted octanol–water partition coefficient (Wildman–Crippen LogP) is 4.20. The van der Waals surface area contributed by atoms with Crippen LogP contribution in [0.25, 0.3) is 10.4 Å². The lowest BCUT2D eigenvalue weighted by Gasteiger charge is -1.97. The molecule has 0 bridgehead atoms. The second-order valence-electron chi connectivity index (χ2n) is 3.50. The van der Waals surface area contributed by atoms with E-state index >= 15 is 0 Å². The Morgan fingerprint density at radius 2 is 2.17 bits per heavy atom. The molecule has 1 aromatic rings. The summed E-state index contributed by atoms with van der Waals surface area (Å²) in [6.07, 6.45) is 4.78. The number of unbranched alkanes of at least 4 members (excludes halogenated alkanes) is 1. The number of nitriles is 1. The molecular weight excluding hydrogens is 244 g/mol. The van der Waals surface area contributed by atoms with Gasteiger partial charge in [-0.15, -0.1) is 11.8 Å². The summed E-state index contributed by atoms with van der Waals surface area (Å²) in [5.74, 6) is 0.870. The van der Waals surface area contributed by atoms with E-state index in [0.717, 1.165) is 18.6 Å². The molecular formula is C13H13N4S. The quantitative estimate of drug-likeness (QED) is 0.318. The van der Waals surface area contributed by atoms with Crippen LogP contribution >= 0.6 is 11.8 Å². The van der Waals surface area contributed by atoms with Gasteiger partial charge in [-0.25, -0.2) is 0 Å². The summed E-state index contributed by atoms with van der Waals surface area (Å²) < 4.78 is 0. The minimum atomic E-state index is 0.525. The molecule has 0 aromatic heterocycles. The fourth-order valence-electron chi connectivity index (χ4n) is 1.23. The zero-order chi connectivity index (χ0) is 13.1. The van der Waals surface area contributed by atoms with Gasteiger partial charge in [-0.2, -0.15) is 5.26 Å². The van der Waals surface area contributed by atoms with Gasteiger partial charge >= 0.3 is 0 Å². The first-order chi connectivity index (χ1) is 8.86. The second-order valence-corrected chi connectivity index (χ2v) is 4.36. The number of hydrogen-bond donors (Lipinski definition) is 0. The van der Waals surface area contributed by atoms with Gasteiger partial charge in [0.15, 0.2) is 0 Å². The molecule has 0 unspecified atom stereocenters. The molecule has 0 atom stereocenters. The fourth-order valence-corrected chi connectivity index (χ4v) is 1.93. The van der Waals surface area contributed by atoms with Gasteiger partial charge in [-0.3, -0.25) is 0 Å². The van der Waals surface area contributed by atoms with Crippen LogP contribution < -0.4 is 0 Å². The van der Waals surface area contributed by atoms with Crippen molar-refractivity contribution in [2.45, 2.75) is 18.6 Å². The summed E-state index contributed by atoms with van der Waals surface area (Å²) >= 11 is 1.66. The highest BCUT2D eigenvalue weighted by atomic mass is 32.2. The van der Waals surface area contributed by atoms with Crippen molar-refractivity contribution >= 4 is 11.8 Å². The molecule has 0 aliphatic heterocycles. The predicted molar refractivity (Wildman–Crippen MR) is 73.5 cm³/mol. The lowest BCUT2D eigenvalue weighted by atomic mass is 10.2. The van der Waals surface area contributed by atoms with Crippen LogP contribution in [0.1, 0.15) is 24.0 Å². The molecule has 91 valence electrons. The second kappa shape index (κ2) is 9.17. The van der Waals surface area contributed by atoms with Gasteiger partial charge in [0, 0.05) is 17.2 Å². The first-order valence-electron chi connectivity index (χ1n) is 5.53. The van der Waals surface area contributed by atoms with Crippen molar-refractivity contribution in [1.82, 2.24) is 0 Å². The van der Waals surface area contributed by atoms with Crippen LogP contribution in [-0.4, -0.2) is 6.54 Å². The van der Waals surface area contributed by atoms with E-state index in [4.69, 9.17) is 10.8 Å². The first-order valence-corrected chi connectivity index (χ1v) is 6.58. The van der Waals surface area contributed by atoms with Crippen LogP contribution in [0.3, 0.4) is 0 Å². The maximum Gasteiger partial charge on any atom is 0.0991 e. The summed E-state index contributed by atoms with van der Waals surface area (Å²) in [4.78, 5) is 2.68. The van der Waals surface area contributed by atoms with Crippen molar-refractivity contribution in [3.05, 3.63) is 57.3 Å². The molecule has 0 aliphatic carbocycles. The molecule has 1 rings (SSSR count). The molecule has 0 saturated carbocycles. The molecule has 0 saturated heterocycles. The van der Waals surface area contributed by atoms with Crippen molar-refractivity contribution in [2.75, 3.05) is 6.54 Å². The number of hydrogen-bond acceptors (Lipinski definition) is 3. The molecule has 18 heavy (non-hydrogen) atoms. The Morgan fingerprint density at radius 3 is 2.83 bits per heavy atom. The van der Waals surface area contributed by atoms with Crippen LogP contribution in [0.4, 0.5) is 0 Å². The Morgan fingerprint density at radius 1 is 1.39 bits per heavy atom. The van der Waals surface area contributed by atoms with Gasteiger partial charge in [0.05, 0.1) is 11.6 Å². The van der Waals surface area contributed by atoms with E-state index in [1.54, 1.807) is 11.8 Å². The average molecular weight is 257 g/mol. The van der Waals surface area contributed by atoms with E-state index in [0.29, 0.717) is 12.1 Å². The van der Waals surface area contributed by atoms with E-state index < -0.39 is 0 Å². The summed E-state index contributed by atoms with van der Waals surface area (Å²) in [6, 6.07) is 9.66. The minimum Gasteiger partial charge on any atom is -0.192 e. The van der Waals surface area contributed by atoms with Crippen molar-refractivity contribution < 1.29 is 0 Å². The number of benzene rings is 1. The van der Waals surface area contributed by atoms with Crippen LogP contribution in [-0.2, 0) is 5.75 Å². The van der Waals surface area contributed by atoms with Crippen LogP contribution in [0.5, 0.6) is 0 Å². The van der Waals surface area contributed by atoms with Crippen LogP contribution in [0.2, 0.25) is 0 Å². The lowest BCUT2D eigenvalue weighted by Crippen LogP contribution is -1.80. The highest BCUT2D eigenvalue weighted by Crippen LogP contribution is 2.14. The van der Waals surface area contributed by atoms with Crippen LogP contribution in [0, 0.1) is 17.4 Å². The summed E-state index contributed by atoms with van der Waals surface area (Å²) in [7, 11) is 0. The SMILES string of the molecule is N#Cc1ccc(CSC=[C]CCCN=[N+]=[N-])cc1. The monoisotopic (exact) mass is 257 g/mol. The average Bonchev–Trinajstić information content (AvgIpc) is 2.42. The number of thioether (sulfide) groups is 1. The van der Waals surface area contributed by atoms with Gasteiger partial charge in [-0.05, 0) is 47.6 Å². The Kier molecular flexibility index (Phi) is 7.22. The molecule has 0 fully saturated rings. The molecule has 0 spiro atoms. The normalized spacial score (nSPS) is 9.94. The largest absolute Gasteiger partial charge is 0.192 e. The molecule has 1 radical (unpaired) electrons. The van der Waals surface area contributed by atoms with E-state index in [2.05, 4.69) is 22.2 Å². The topological polar surface area (TPSA) is 72.5 Å². The van der Waals surface area contributed by atoms with E-state index in [9.17, 15) is 0 Å². The summed E-state index contributed by atoms with van der Waals surface area (Å²) in [5.41, 5.74) is 9.95. The molecule has 0 N–H and O–H groups in total. The number of rotatable bonds is 7. The molecule has 0 amide bonds. The van der Waals surface area contributed by atoms with Crippen molar-refractivity contribution in [2.24, 2.45) is 5.11 Å². The highest BCUT2D eigenvalue weighted by molar-refractivity contribution is 8.01. The van der Waals surface area contributed by atoms with Gasteiger partial charge in [0.25, 0.3) is 0 Å². The lowest BCUT2D eigenvalue weighted by molar-refractivity contribution is 0.838. The maximum absolute atomic E-state index is 8.66. The third kappa shape index (κ3) is 6.00. The first kappa shape index (κ1) is 14.2. The zero-order valence-corrected chi connectivity index (χ0v) is 10.7. The van der Waals surface area contributed by atoms with Gasteiger partial charge in [-0.1, -0.05) is 17.2 Å². The minimum absolute atomic E-state index is 0.525. The number of nitrogens with zero attached hydrogens (tertiary/aromatic N) is 4. The molecule has 5 heteroatoms.